The first-order valence-electron chi connectivity index (χ1n) is 10.6. The number of aromatic nitrogens is 2. The zero-order valence-electron chi connectivity index (χ0n) is 17.5. The molecule has 0 aliphatic carbocycles. The first-order valence-corrected chi connectivity index (χ1v) is 10.6. The van der Waals surface area contributed by atoms with Crippen molar-refractivity contribution in [1.82, 2.24) is 15.3 Å². The van der Waals surface area contributed by atoms with Gasteiger partial charge in [-0.25, -0.2) is 14.4 Å². The van der Waals surface area contributed by atoms with E-state index in [1.807, 2.05) is 23.1 Å². The number of piperidine rings is 1. The fraction of sp³-hybridized carbons (Fsp3) is 0.292. The summed E-state index contributed by atoms with van der Waals surface area (Å²) in [6.07, 6.45) is 5.19. The maximum Gasteiger partial charge on any atom is 0.231 e. The number of ether oxygens (including phenoxy) is 2. The van der Waals surface area contributed by atoms with Gasteiger partial charge in [0.1, 0.15) is 5.82 Å². The van der Waals surface area contributed by atoms with Crippen molar-refractivity contribution >= 4 is 11.9 Å². The SMILES string of the molecule is O=C(NCc1ccc2c(c1)OCO2)[C@@H]1CCCN(c2ncc(-c3ccc(F)cc3)cn2)C1. The van der Waals surface area contributed by atoms with Gasteiger partial charge in [0, 0.05) is 37.6 Å². The van der Waals surface area contributed by atoms with Gasteiger partial charge in [0.25, 0.3) is 0 Å². The molecular formula is C24H23FN4O3. The standard InChI is InChI=1S/C24H23FN4O3/c25-20-6-4-17(5-7-20)19-12-27-24(28-13-19)29-9-1-2-18(14-29)23(30)26-11-16-3-8-21-22(10-16)32-15-31-21/h3-8,10,12-13,18H,1-2,9,11,14-15H2,(H,26,30)/t18-/m1/s1. The molecule has 8 heteroatoms. The molecule has 3 heterocycles. The molecule has 7 nitrogen and oxygen atoms in total. The summed E-state index contributed by atoms with van der Waals surface area (Å²) in [5, 5.41) is 3.03. The molecule has 32 heavy (non-hydrogen) atoms. The quantitative estimate of drug-likeness (QED) is 0.662. The molecule has 0 bridgehead atoms. The number of nitrogens with zero attached hydrogens (tertiary/aromatic N) is 3. The van der Waals surface area contributed by atoms with E-state index < -0.39 is 0 Å². The molecule has 1 N–H and O–H groups in total. The van der Waals surface area contributed by atoms with Crippen molar-refractivity contribution in [2.75, 3.05) is 24.8 Å². The van der Waals surface area contributed by atoms with Crippen LogP contribution in [0.15, 0.2) is 54.9 Å². The lowest BCUT2D eigenvalue weighted by molar-refractivity contribution is -0.125. The predicted octanol–water partition coefficient (Wildman–Crippen LogP) is 3.54. The lowest BCUT2D eigenvalue weighted by Crippen LogP contribution is -2.43. The van der Waals surface area contributed by atoms with Crippen LogP contribution < -0.4 is 19.7 Å². The van der Waals surface area contributed by atoms with E-state index in [2.05, 4.69) is 15.3 Å². The monoisotopic (exact) mass is 434 g/mol. The van der Waals surface area contributed by atoms with E-state index in [0.29, 0.717) is 24.8 Å². The molecule has 2 aliphatic heterocycles. The Morgan fingerprint density at radius 1 is 1.06 bits per heavy atom. The molecular weight excluding hydrogens is 411 g/mol. The summed E-state index contributed by atoms with van der Waals surface area (Å²) in [4.78, 5) is 23.8. The third kappa shape index (κ3) is 4.34. The molecule has 0 radical (unpaired) electrons. The number of rotatable bonds is 5. The van der Waals surface area contributed by atoms with Gasteiger partial charge in [0.15, 0.2) is 11.5 Å². The van der Waals surface area contributed by atoms with Gasteiger partial charge in [-0.15, -0.1) is 0 Å². The fourth-order valence-electron chi connectivity index (χ4n) is 4.03. The molecule has 1 amide bonds. The van der Waals surface area contributed by atoms with Crippen LogP contribution >= 0.6 is 0 Å². The molecule has 0 unspecified atom stereocenters. The number of carbonyl (C=O) groups excluding carboxylic acids is 1. The van der Waals surface area contributed by atoms with E-state index in [9.17, 15) is 9.18 Å². The summed E-state index contributed by atoms with van der Waals surface area (Å²) in [6, 6.07) is 11.9. The molecule has 2 aliphatic rings. The summed E-state index contributed by atoms with van der Waals surface area (Å²) in [7, 11) is 0. The minimum absolute atomic E-state index is 0.0234. The number of benzene rings is 2. The predicted molar refractivity (Wildman–Crippen MR) is 117 cm³/mol. The van der Waals surface area contributed by atoms with Gasteiger partial charge in [-0.1, -0.05) is 18.2 Å². The molecule has 3 aromatic rings. The van der Waals surface area contributed by atoms with Crippen molar-refractivity contribution in [3.8, 4) is 22.6 Å². The normalized spacial score (nSPS) is 17.3. The summed E-state index contributed by atoms with van der Waals surface area (Å²) >= 11 is 0. The highest BCUT2D eigenvalue weighted by Crippen LogP contribution is 2.32. The Bertz CT molecular complexity index is 1110. The van der Waals surface area contributed by atoms with Crippen LogP contribution in [0.25, 0.3) is 11.1 Å². The van der Waals surface area contributed by atoms with Crippen LogP contribution in [0.1, 0.15) is 18.4 Å². The lowest BCUT2D eigenvalue weighted by atomic mass is 9.97. The van der Waals surface area contributed by atoms with Gasteiger partial charge >= 0.3 is 0 Å². The Labute approximate surface area is 185 Å². The third-order valence-electron chi connectivity index (χ3n) is 5.79. The summed E-state index contributed by atoms with van der Waals surface area (Å²) in [6.45, 7) is 2.05. The average molecular weight is 434 g/mol. The highest BCUT2D eigenvalue weighted by molar-refractivity contribution is 5.79. The molecule has 0 saturated carbocycles. The molecule has 1 fully saturated rings. The fourth-order valence-corrected chi connectivity index (χ4v) is 4.03. The smallest absolute Gasteiger partial charge is 0.231 e. The van der Waals surface area contributed by atoms with Crippen molar-refractivity contribution in [2.24, 2.45) is 5.92 Å². The van der Waals surface area contributed by atoms with E-state index in [1.54, 1.807) is 24.5 Å². The lowest BCUT2D eigenvalue weighted by Gasteiger charge is -2.32. The number of carbonyl (C=O) groups is 1. The molecule has 5 rings (SSSR count). The number of hydrogen-bond acceptors (Lipinski definition) is 6. The van der Waals surface area contributed by atoms with Crippen molar-refractivity contribution in [3.05, 3.63) is 66.2 Å². The Hall–Kier alpha value is -3.68. The van der Waals surface area contributed by atoms with E-state index >= 15 is 0 Å². The number of hydrogen-bond donors (Lipinski definition) is 1. The van der Waals surface area contributed by atoms with Gasteiger partial charge in [-0.05, 0) is 48.2 Å². The molecule has 1 saturated heterocycles. The number of anilines is 1. The van der Waals surface area contributed by atoms with Crippen LogP contribution in [-0.4, -0.2) is 35.8 Å². The highest BCUT2D eigenvalue weighted by atomic mass is 19.1. The van der Waals surface area contributed by atoms with E-state index in [1.165, 1.54) is 12.1 Å². The second-order valence-electron chi connectivity index (χ2n) is 7.97. The van der Waals surface area contributed by atoms with Crippen LogP contribution in [0, 0.1) is 11.7 Å². The van der Waals surface area contributed by atoms with Crippen LogP contribution in [0.2, 0.25) is 0 Å². The molecule has 1 aromatic heterocycles. The van der Waals surface area contributed by atoms with Crippen LogP contribution in [0.5, 0.6) is 11.5 Å². The maximum atomic E-state index is 13.1. The van der Waals surface area contributed by atoms with E-state index in [4.69, 9.17) is 9.47 Å². The van der Waals surface area contributed by atoms with Crippen molar-refractivity contribution < 1.29 is 18.7 Å². The van der Waals surface area contributed by atoms with Crippen LogP contribution in [0.4, 0.5) is 10.3 Å². The Balaban J connectivity index is 1.19. The van der Waals surface area contributed by atoms with Gasteiger partial charge < -0.3 is 19.7 Å². The van der Waals surface area contributed by atoms with E-state index in [0.717, 1.165) is 41.8 Å². The average Bonchev–Trinajstić information content (AvgIpc) is 3.31. The van der Waals surface area contributed by atoms with Gasteiger partial charge in [-0.3, -0.25) is 4.79 Å². The minimum Gasteiger partial charge on any atom is -0.454 e. The van der Waals surface area contributed by atoms with Crippen molar-refractivity contribution in [1.29, 1.82) is 0 Å². The Morgan fingerprint density at radius 2 is 1.84 bits per heavy atom. The highest BCUT2D eigenvalue weighted by Gasteiger charge is 2.27. The van der Waals surface area contributed by atoms with Crippen molar-refractivity contribution in [2.45, 2.75) is 19.4 Å². The third-order valence-corrected chi connectivity index (χ3v) is 5.79. The minimum atomic E-state index is -0.276. The van der Waals surface area contributed by atoms with Crippen LogP contribution in [-0.2, 0) is 11.3 Å². The Kier molecular flexibility index (Phi) is 5.58. The van der Waals surface area contributed by atoms with Crippen LogP contribution in [0.3, 0.4) is 0 Å². The maximum absolute atomic E-state index is 13.1. The topological polar surface area (TPSA) is 76.6 Å². The first-order chi connectivity index (χ1) is 15.7. The molecule has 0 spiro atoms. The number of amides is 1. The van der Waals surface area contributed by atoms with Gasteiger partial charge in [0.05, 0.1) is 5.92 Å². The first kappa shape index (κ1) is 20.2. The number of nitrogens with one attached hydrogen (secondary N) is 1. The Morgan fingerprint density at radius 3 is 2.66 bits per heavy atom. The van der Waals surface area contributed by atoms with Gasteiger partial charge in [-0.2, -0.15) is 0 Å². The zero-order chi connectivity index (χ0) is 21.9. The second-order valence-corrected chi connectivity index (χ2v) is 7.97. The summed E-state index contributed by atoms with van der Waals surface area (Å²) < 4.78 is 23.9. The largest absolute Gasteiger partial charge is 0.454 e. The number of fused-ring (bicyclic) bond motifs is 1. The van der Waals surface area contributed by atoms with Crippen molar-refractivity contribution in [3.63, 3.8) is 0 Å². The molecule has 2 aromatic carbocycles. The van der Waals surface area contributed by atoms with E-state index in [-0.39, 0.29) is 24.4 Å². The molecule has 1 atom stereocenters. The molecule has 164 valence electrons. The summed E-state index contributed by atoms with van der Waals surface area (Å²) in [5.41, 5.74) is 2.65. The second kappa shape index (κ2) is 8.82. The zero-order valence-corrected chi connectivity index (χ0v) is 17.5. The number of halogens is 1. The van der Waals surface area contributed by atoms with Gasteiger partial charge in [0.2, 0.25) is 18.6 Å². The summed E-state index contributed by atoms with van der Waals surface area (Å²) in [5.74, 6) is 1.66.